The zero-order chi connectivity index (χ0) is 11.6. The van der Waals surface area contributed by atoms with Crippen molar-refractivity contribution in [3.8, 4) is 0 Å². The summed E-state index contributed by atoms with van der Waals surface area (Å²) in [6, 6.07) is 0. The average molecular weight is 276 g/mol. The van der Waals surface area contributed by atoms with Crippen LogP contribution in [-0.4, -0.2) is 28.7 Å². The first-order chi connectivity index (χ1) is 6.90. The molecule has 2 atom stereocenters. The second-order valence-corrected chi connectivity index (χ2v) is 5.92. The van der Waals surface area contributed by atoms with Crippen LogP contribution >= 0.6 is 15.9 Å². The van der Waals surface area contributed by atoms with Crippen molar-refractivity contribution in [1.82, 2.24) is 4.90 Å². The Balaban J connectivity index is 2.67. The van der Waals surface area contributed by atoms with Gasteiger partial charge in [-0.1, -0.05) is 29.3 Å². The summed E-state index contributed by atoms with van der Waals surface area (Å²) in [5.74, 6) is 1.14. The van der Waals surface area contributed by atoms with Crippen molar-refractivity contribution >= 4 is 21.8 Å². The summed E-state index contributed by atoms with van der Waals surface area (Å²) >= 11 is 3.47. The molecule has 0 saturated heterocycles. The molecule has 0 aromatic heterocycles. The van der Waals surface area contributed by atoms with E-state index in [2.05, 4.69) is 36.7 Å². The quantitative estimate of drug-likeness (QED) is 0.725. The van der Waals surface area contributed by atoms with Crippen molar-refractivity contribution in [2.75, 3.05) is 12.4 Å². The van der Waals surface area contributed by atoms with Crippen LogP contribution in [0.2, 0.25) is 0 Å². The lowest BCUT2D eigenvalue weighted by molar-refractivity contribution is -0.139. The first-order valence-electron chi connectivity index (χ1n) is 5.74. The van der Waals surface area contributed by atoms with Crippen molar-refractivity contribution in [2.45, 2.75) is 45.6 Å². The monoisotopic (exact) mass is 275 g/mol. The molecule has 2 unspecified atom stereocenters. The Bertz CT molecular complexity index is 240. The molecule has 0 radical (unpaired) electrons. The minimum atomic E-state index is -0.0839. The van der Waals surface area contributed by atoms with Gasteiger partial charge in [0, 0.05) is 23.8 Å². The molecule has 0 bridgehead atoms. The zero-order valence-corrected chi connectivity index (χ0v) is 11.8. The Morgan fingerprint density at radius 2 is 2.07 bits per heavy atom. The minimum Gasteiger partial charge on any atom is -0.340 e. The van der Waals surface area contributed by atoms with E-state index in [1.165, 1.54) is 12.8 Å². The van der Waals surface area contributed by atoms with Crippen molar-refractivity contribution in [3.63, 3.8) is 0 Å². The van der Waals surface area contributed by atoms with E-state index in [0.717, 1.165) is 11.8 Å². The van der Waals surface area contributed by atoms with Gasteiger partial charge in [0.25, 0.3) is 0 Å². The first-order valence-corrected chi connectivity index (χ1v) is 6.86. The maximum absolute atomic E-state index is 12.3. The molecular formula is C12H22BrNO. The Hall–Kier alpha value is -0.0500. The summed E-state index contributed by atoms with van der Waals surface area (Å²) < 4.78 is 0. The van der Waals surface area contributed by atoms with Crippen LogP contribution < -0.4 is 0 Å². The van der Waals surface area contributed by atoms with Crippen LogP contribution in [-0.2, 0) is 4.79 Å². The lowest BCUT2D eigenvalue weighted by Crippen LogP contribution is -2.49. The smallest absolute Gasteiger partial charge is 0.226 e. The van der Waals surface area contributed by atoms with Crippen LogP contribution in [0.25, 0.3) is 0 Å². The summed E-state index contributed by atoms with van der Waals surface area (Å²) in [5, 5.41) is 0.823. The molecule has 1 saturated carbocycles. The van der Waals surface area contributed by atoms with Crippen molar-refractivity contribution < 1.29 is 4.79 Å². The molecule has 1 amide bonds. The molecule has 15 heavy (non-hydrogen) atoms. The van der Waals surface area contributed by atoms with Gasteiger partial charge in [-0.2, -0.15) is 0 Å². The highest BCUT2D eigenvalue weighted by molar-refractivity contribution is 9.09. The van der Waals surface area contributed by atoms with Crippen LogP contribution in [0.3, 0.4) is 0 Å². The number of alkyl halides is 1. The van der Waals surface area contributed by atoms with Crippen LogP contribution in [0.1, 0.15) is 40.0 Å². The number of carbonyl (C=O) groups excluding carboxylic acids is 1. The van der Waals surface area contributed by atoms with Crippen molar-refractivity contribution in [1.29, 1.82) is 0 Å². The number of hydrogen-bond acceptors (Lipinski definition) is 1. The lowest BCUT2D eigenvalue weighted by Gasteiger charge is -2.36. The maximum Gasteiger partial charge on any atom is 0.226 e. The summed E-state index contributed by atoms with van der Waals surface area (Å²) in [5.41, 5.74) is -0.0839. The molecule has 2 nitrogen and oxygen atoms in total. The molecule has 0 aromatic rings. The van der Waals surface area contributed by atoms with Gasteiger partial charge in [0.15, 0.2) is 0 Å². The van der Waals surface area contributed by atoms with E-state index < -0.39 is 0 Å². The normalized spacial score (nSPS) is 26.7. The fourth-order valence-electron chi connectivity index (χ4n) is 2.15. The molecule has 3 heteroatoms. The molecule has 0 spiro atoms. The van der Waals surface area contributed by atoms with Gasteiger partial charge in [-0.15, -0.1) is 0 Å². The predicted molar refractivity (Wildman–Crippen MR) is 67.1 cm³/mol. The number of nitrogens with zero attached hydrogens (tertiary/aromatic N) is 1. The third kappa shape index (κ3) is 2.74. The Kier molecular flexibility index (Phi) is 4.21. The highest BCUT2D eigenvalue weighted by Crippen LogP contribution is 2.33. The molecule has 88 valence electrons. The van der Waals surface area contributed by atoms with E-state index in [1.807, 2.05) is 11.9 Å². The Labute approximate surface area is 102 Å². The molecular weight excluding hydrogens is 254 g/mol. The largest absolute Gasteiger partial charge is 0.340 e. The second-order valence-electron chi connectivity index (χ2n) is 5.36. The molecule has 1 fully saturated rings. The van der Waals surface area contributed by atoms with Gasteiger partial charge in [0.1, 0.15) is 0 Å². The summed E-state index contributed by atoms with van der Waals surface area (Å²) in [6.45, 7) is 6.39. The highest BCUT2D eigenvalue weighted by atomic mass is 79.9. The van der Waals surface area contributed by atoms with Gasteiger partial charge in [-0.05, 0) is 32.6 Å². The Morgan fingerprint density at radius 3 is 2.47 bits per heavy atom. The number of carbonyl (C=O) groups is 1. The van der Waals surface area contributed by atoms with Gasteiger partial charge in [0.2, 0.25) is 5.91 Å². The third-order valence-electron chi connectivity index (χ3n) is 3.74. The minimum absolute atomic E-state index is 0.0839. The molecule has 0 N–H and O–H groups in total. The van der Waals surface area contributed by atoms with Crippen LogP contribution in [0.4, 0.5) is 0 Å². The maximum atomic E-state index is 12.3. The van der Waals surface area contributed by atoms with Gasteiger partial charge < -0.3 is 4.90 Å². The summed E-state index contributed by atoms with van der Waals surface area (Å²) in [6.07, 6.45) is 3.49. The standard InChI is InChI=1S/C12H22BrNO/c1-9-6-5-7-10(9)11(15)14(4)12(2,3)8-13/h9-10H,5-8H2,1-4H3. The molecule has 1 rings (SSSR count). The summed E-state index contributed by atoms with van der Waals surface area (Å²) in [7, 11) is 1.93. The zero-order valence-electron chi connectivity index (χ0n) is 10.2. The lowest BCUT2D eigenvalue weighted by atomic mass is 9.94. The van der Waals surface area contributed by atoms with Gasteiger partial charge in [0.05, 0.1) is 0 Å². The van der Waals surface area contributed by atoms with E-state index >= 15 is 0 Å². The second kappa shape index (κ2) is 4.86. The van der Waals surface area contributed by atoms with Gasteiger partial charge >= 0.3 is 0 Å². The van der Waals surface area contributed by atoms with Gasteiger partial charge in [-0.3, -0.25) is 4.79 Å². The van der Waals surface area contributed by atoms with Crippen molar-refractivity contribution in [2.24, 2.45) is 11.8 Å². The number of amides is 1. The SMILES string of the molecule is CC1CCCC1C(=O)N(C)C(C)(C)CBr. The van der Waals surface area contributed by atoms with Crippen LogP contribution in [0.5, 0.6) is 0 Å². The Morgan fingerprint density at radius 1 is 1.47 bits per heavy atom. The molecule has 0 aliphatic heterocycles. The summed E-state index contributed by atoms with van der Waals surface area (Å²) in [4.78, 5) is 14.2. The third-order valence-corrected chi connectivity index (χ3v) is 5.12. The predicted octanol–water partition coefficient (Wildman–Crippen LogP) is 3.05. The highest BCUT2D eigenvalue weighted by Gasteiger charge is 2.36. The first kappa shape index (κ1) is 13.0. The van der Waals surface area contributed by atoms with E-state index in [9.17, 15) is 4.79 Å². The van der Waals surface area contributed by atoms with Crippen LogP contribution in [0.15, 0.2) is 0 Å². The van der Waals surface area contributed by atoms with E-state index in [0.29, 0.717) is 11.8 Å². The molecule has 0 aromatic carbocycles. The number of halogens is 1. The number of hydrogen-bond donors (Lipinski definition) is 0. The average Bonchev–Trinajstić information content (AvgIpc) is 2.62. The molecule has 1 aliphatic rings. The fourth-order valence-corrected chi connectivity index (χ4v) is 2.53. The van der Waals surface area contributed by atoms with Gasteiger partial charge in [-0.25, -0.2) is 0 Å². The fraction of sp³-hybridized carbons (Fsp3) is 0.917. The molecule has 0 heterocycles. The van der Waals surface area contributed by atoms with E-state index in [4.69, 9.17) is 0 Å². The van der Waals surface area contributed by atoms with E-state index in [1.54, 1.807) is 0 Å². The van der Waals surface area contributed by atoms with Crippen molar-refractivity contribution in [3.05, 3.63) is 0 Å². The van der Waals surface area contributed by atoms with E-state index in [-0.39, 0.29) is 11.5 Å². The number of rotatable bonds is 3. The topological polar surface area (TPSA) is 20.3 Å². The van der Waals surface area contributed by atoms with Crippen LogP contribution in [0, 0.1) is 11.8 Å². The molecule has 1 aliphatic carbocycles.